The van der Waals surface area contributed by atoms with Crippen LogP contribution < -0.4 is 14.8 Å². The summed E-state index contributed by atoms with van der Waals surface area (Å²) in [5, 5.41) is 4.01. The number of nitrogens with zero attached hydrogens (tertiary/aromatic N) is 1. The smallest absolute Gasteiger partial charge is 0.236 e. The van der Waals surface area contributed by atoms with Crippen molar-refractivity contribution in [3.05, 3.63) is 72.4 Å². The molecule has 0 unspecified atom stereocenters. The zero-order valence-corrected chi connectivity index (χ0v) is 16.1. The molecule has 1 aliphatic heterocycles. The fourth-order valence-electron chi connectivity index (χ4n) is 3.94. The van der Waals surface area contributed by atoms with Gasteiger partial charge in [-0.2, -0.15) is 0 Å². The number of anilines is 1. The Bertz CT molecular complexity index is 1240. The maximum Gasteiger partial charge on any atom is 0.236 e. The van der Waals surface area contributed by atoms with Crippen molar-refractivity contribution in [2.24, 2.45) is 0 Å². The van der Waals surface area contributed by atoms with Crippen LogP contribution in [0.4, 0.5) is 5.82 Å². The van der Waals surface area contributed by atoms with Gasteiger partial charge >= 0.3 is 0 Å². The number of rotatable bonds is 4. The molecule has 0 spiro atoms. The van der Waals surface area contributed by atoms with Crippen molar-refractivity contribution in [3.8, 4) is 22.8 Å². The predicted molar refractivity (Wildman–Crippen MR) is 112 cm³/mol. The van der Waals surface area contributed by atoms with Crippen molar-refractivity contribution in [1.82, 2.24) is 4.98 Å². The Hall–Kier alpha value is -3.80. The molecule has 6 heteroatoms. The van der Waals surface area contributed by atoms with Gasteiger partial charge < -0.3 is 19.2 Å². The molecule has 2 aromatic heterocycles. The van der Waals surface area contributed by atoms with E-state index < -0.39 is 5.41 Å². The topological polar surface area (TPSA) is 73.6 Å². The predicted octanol–water partition coefficient (Wildman–Crippen LogP) is 4.89. The minimum absolute atomic E-state index is 0.0506. The lowest BCUT2D eigenvalue weighted by Crippen LogP contribution is -2.28. The summed E-state index contributed by atoms with van der Waals surface area (Å²) in [6.07, 6.45) is 3.32. The van der Waals surface area contributed by atoms with Crippen LogP contribution in [0.2, 0.25) is 0 Å². The van der Waals surface area contributed by atoms with Gasteiger partial charge in [-0.05, 0) is 54.8 Å². The third-order valence-electron chi connectivity index (χ3n) is 5.82. The van der Waals surface area contributed by atoms with Crippen molar-refractivity contribution in [3.63, 3.8) is 0 Å². The summed E-state index contributed by atoms with van der Waals surface area (Å²) in [4.78, 5) is 17.4. The molecule has 3 heterocycles. The largest absolute Gasteiger partial charge is 0.456 e. The van der Waals surface area contributed by atoms with Gasteiger partial charge in [0, 0.05) is 17.1 Å². The second kappa shape index (κ2) is 6.35. The quantitative estimate of drug-likeness (QED) is 0.530. The summed E-state index contributed by atoms with van der Waals surface area (Å²) in [5.41, 5.74) is 2.12. The highest BCUT2D eigenvalue weighted by Gasteiger charge is 2.51. The zero-order valence-electron chi connectivity index (χ0n) is 16.1. The van der Waals surface area contributed by atoms with Crippen molar-refractivity contribution < 1.29 is 18.7 Å². The Labute approximate surface area is 172 Å². The maximum absolute atomic E-state index is 13.0. The summed E-state index contributed by atoms with van der Waals surface area (Å²) in [7, 11) is 0. The van der Waals surface area contributed by atoms with Crippen LogP contribution in [0, 0.1) is 0 Å². The Morgan fingerprint density at radius 3 is 2.63 bits per heavy atom. The van der Waals surface area contributed by atoms with E-state index in [1.807, 2.05) is 54.6 Å². The van der Waals surface area contributed by atoms with Gasteiger partial charge in [0.2, 0.25) is 12.7 Å². The van der Waals surface area contributed by atoms with Gasteiger partial charge in [0.1, 0.15) is 17.2 Å². The molecule has 6 rings (SSSR count). The average Bonchev–Trinajstić information content (AvgIpc) is 3.26. The highest BCUT2D eigenvalue weighted by molar-refractivity contribution is 6.01. The number of para-hydroxylation sites is 1. The molecule has 1 amide bonds. The molecule has 0 radical (unpaired) electrons. The van der Waals surface area contributed by atoms with Crippen LogP contribution in [0.15, 0.2) is 71.3 Å². The van der Waals surface area contributed by atoms with Crippen molar-refractivity contribution in [2.45, 2.75) is 18.3 Å². The van der Waals surface area contributed by atoms with E-state index in [0.29, 0.717) is 11.6 Å². The molecule has 30 heavy (non-hydrogen) atoms. The first-order valence-electron chi connectivity index (χ1n) is 9.88. The number of amides is 1. The van der Waals surface area contributed by atoms with Crippen LogP contribution in [-0.4, -0.2) is 17.7 Å². The SMILES string of the molecule is O=C(Nc1ccc(-c2cc3ccccc3o2)cn1)C1(c2ccc3c(c2)OCO3)CC1. The zero-order chi connectivity index (χ0) is 20.1. The second-order valence-corrected chi connectivity index (χ2v) is 7.68. The Balaban J connectivity index is 1.22. The number of hydrogen-bond donors (Lipinski definition) is 1. The number of fused-ring (bicyclic) bond motifs is 2. The van der Waals surface area contributed by atoms with Gasteiger partial charge in [-0.1, -0.05) is 24.3 Å². The standard InChI is InChI=1S/C24H18N2O4/c27-23(24(9-10-24)17-6-7-19-21(12-17)29-14-28-19)26-22-8-5-16(13-25-22)20-11-15-3-1-2-4-18(15)30-20/h1-8,11-13H,9-10,14H2,(H,25,26,27). The van der Waals surface area contributed by atoms with Gasteiger partial charge in [0.05, 0.1) is 5.41 Å². The number of benzene rings is 2. The van der Waals surface area contributed by atoms with E-state index in [4.69, 9.17) is 13.9 Å². The first-order chi connectivity index (χ1) is 14.7. The molecule has 0 saturated heterocycles. The molecule has 148 valence electrons. The summed E-state index contributed by atoms with van der Waals surface area (Å²) in [5.74, 6) is 2.63. The number of ether oxygens (including phenoxy) is 2. The first-order valence-corrected chi connectivity index (χ1v) is 9.88. The molecule has 1 aliphatic carbocycles. The molecule has 6 nitrogen and oxygen atoms in total. The minimum atomic E-state index is -0.528. The highest BCUT2D eigenvalue weighted by atomic mass is 16.7. The fraction of sp³-hybridized carbons (Fsp3) is 0.167. The summed E-state index contributed by atoms with van der Waals surface area (Å²) in [6.45, 7) is 0.222. The maximum atomic E-state index is 13.0. The molecule has 4 aromatic rings. The summed E-state index contributed by atoms with van der Waals surface area (Å²) in [6, 6.07) is 19.3. The molecule has 1 fully saturated rings. The second-order valence-electron chi connectivity index (χ2n) is 7.68. The normalized spacial score (nSPS) is 15.9. The number of carbonyl (C=O) groups excluding carboxylic acids is 1. The van der Waals surface area contributed by atoms with E-state index in [1.165, 1.54) is 0 Å². The number of carbonyl (C=O) groups is 1. The van der Waals surface area contributed by atoms with Crippen molar-refractivity contribution in [2.75, 3.05) is 12.1 Å². The van der Waals surface area contributed by atoms with Crippen LogP contribution in [0.25, 0.3) is 22.3 Å². The molecule has 0 bridgehead atoms. The Morgan fingerprint density at radius 2 is 1.83 bits per heavy atom. The number of hydrogen-bond acceptors (Lipinski definition) is 5. The van der Waals surface area contributed by atoms with Crippen LogP contribution in [0.3, 0.4) is 0 Å². The van der Waals surface area contributed by atoms with Crippen molar-refractivity contribution >= 4 is 22.7 Å². The lowest BCUT2D eigenvalue weighted by atomic mass is 9.94. The Morgan fingerprint density at radius 1 is 0.967 bits per heavy atom. The highest BCUT2D eigenvalue weighted by Crippen LogP contribution is 2.51. The molecule has 1 saturated carbocycles. The van der Waals surface area contributed by atoms with Crippen LogP contribution in [-0.2, 0) is 10.2 Å². The lowest BCUT2D eigenvalue weighted by Gasteiger charge is -2.16. The van der Waals surface area contributed by atoms with Gasteiger partial charge in [0.15, 0.2) is 11.5 Å². The number of pyridine rings is 1. The van der Waals surface area contributed by atoms with Gasteiger partial charge in [-0.3, -0.25) is 4.79 Å². The van der Waals surface area contributed by atoms with E-state index in [2.05, 4.69) is 10.3 Å². The molecule has 0 atom stereocenters. The third-order valence-corrected chi connectivity index (χ3v) is 5.82. The van der Waals surface area contributed by atoms with E-state index in [9.17, 15) is 4.79 Å². The first kappa shape index (κ1) is 17.1. The van der Waals surface area contributed by atoms with E-state index in [1.54, 1.807) is 12.3 Å². The number of nitrogens with one attached hydrogen (secondary N) is 1. The van der Waals surface area contributed by atoms with E-state index in [-0.39, 0.29) is 12.7 Å². The summed E-state index contributed by atoms with van der Waals surface area (Å²) < 4.78 is 16.7. The molecule has 2 aliphatic rings. The van der Waals surface area contributed by atoms with Crippen LogP contribution in [0.1, 0.15) is 18.4 Å². The van der Waals surface area contributed by atoms with E-state index in [0.717, 1.165) is 46.4 Å². The van der Waals surface area contributed by atoms with Crippen LogP contribution in [0.5, 0.6) is 11.5 Å². The molecule has 2 aromatic carbocycles. The fourth-order valence-corrected chi connectivity index (χ4v) is 3.94. The van der Waals surface area contributed by atoms with Gasteiger partial charge in [-0.25, -0.2) is 4.98 Å². The molecular formula is C24H18N2O4. The average molecular weight is 398 g/mol. The third kappa shape index (κ3) is 2.72. The molecular weight excluding hydrogens is 380 g/mol. The van der Waals surface area contributed by atoms with Crippen LogP contribution >= 0.6 is 0 Å². The van der Waals surface area contributed by atoms with E-state index >= 15 is 0 Å². The number of aromatic nitrogens is 1. The Kier molecular flexibility index (Phi) is 3.62. The monoisotopic (exact) mass is 398 g/mol. The minimum Gasteiger partial charge on any atom is -0.456 e. The van der Waals surface area contributed by atoms with Gasteiger partial charge in [0.25, 0.3) is 0 Å². The summed E-state index contributed by atoms with van der Waals surface area (Å²) >= 11 is 0. The number of furan rings is 1. The van der Waals surface area contributed by atoms with Gasteiger partial charge in [-0.15, -0.1) is 0 Å². The lowest BCUT2D eigenvalue weighted by molar-refractivity contribution is -0.118. The molecule has 1 N–H and O–H groups in total. The van der Waals surface area contributed by atoms with Crippen molar-refractivity contribution in [1.29, 1.82) is 0 Å².